The Balaban J connectivity index is 2.70. The summed E-state index contributed by atoms with van der Waals surface area (Å²) in [5.41, 5.74) is 2.85. The number of hydrogen-bond donors (Lipinski definition) is 0. The van der Waals surface area contributed by atoms with Gasteiger partial charge >= 0.3 is 0 Å². The van der Waals surface area contributed by atoms with Crippen molar-refractivity contribution in [3.63, 3.8) is 0 Å². The Hall–Kier alpha value is -0.563. The Kier molecular flexibility index (Phi) is 3.54. The van der Waals surface area contributed by atoms with E-state index in [4.69, 9.17) is 0 Å². The third kappa shape index (κ3) is 3.67. The number of hydrogen-bond acceptors (Lipinski definition) is 0. The van der Waals surface area contributed by atoms with Crippen LogP contribution in [0.15, 0.2) is 24.3 Å². The molecule has 0 heterocycles. The van der Waals surface area contributed by atoms with Crippen molar-refractivity contribution in [2.24, 2.45) is 0 Å². The fraction of sp³-hybridized carbons (Fsp3) is 0.538. The van der Waals surface area contributed by atoms with E-state index in [1.807, 2.05) is 0 Å². The van der Waals surface area contributed by atoms with Gasteiger partial charge in [0.1, 0.15) is 0 Å². The van der Waals surface area contributed by atoms with Crippen molar-refractivity contribution in [1.29, 1.82) is 0 Å². The first-order chi connectivity index (χ1) is 6.38. The van der Waals surface area contributed by atoms with E-state index in [1.54, 1.807) is 0 Å². The highest BCUT2D eigenvalue weighted by atomic mass is 28.3. The predicted molar refractivity (Wildman–Crippen MR) is 67.7 cm³/mol. The second-order valence-corrected chi connectivity index (χ2v) is 11.1. The Labute approximate surface area is 89.4 Å². The molecule has 0 nitrogen and oxygen atoms in total. The van der Waals surface area contributed by atoms with E-state index in [0.29, 0.717) is 0 Å². The van der Waals surface area contributed by atoms with E-state index >= 15 is 0 Å². The quantitative estimate of drug-likeness (QED) is 0.642. The van der Waals surface area contributed by atoms with Crippen LogP contribution >= 0.6 is 0 Å². The molecule has 0 aliphatic carbocycles. The average Bonchev–Trinajstić information content (AvgIpc) is 2.02. The van der Waals surface area contributed by atoms with E-state index in [0.717, 1.165) is 5.92 Å². The third-order valence-electron chi connectivity index (χ3n) is 2.56. The molecular weight excluding hydrogens is 184 g/mol. The van der Waals surface area contributed by atoms with Crippen LogP contribution in [0.2, 0.25) is 25.7 Å². The molecule has 0 saturated carbocycles. The maximum Gasteiger partial charge on any atom is 0.0448 e. The van der Waals surface area contributed by atoms with E-state index in [2.05, 4.69) is 57.8 Å². The smallest absolute Gasteiger partial charge is 0.0448 e. The lowest BCUT2D eigenvalue weighted by Crippen LogP contribution is -2.21. The minimum Gasteiger partial charge on any atom is -0.0695 e. The van der Waals surface area contributed by atoms with Crippen LogP contribution in [0.1, 0.15) is 24.0 Å². The normalized spacial score (nSPS) is 14.1. The van der Waals surface area contributed by atoms with Crippen molar-refractivity contribution >= 4 is 8.07 Å². The fourth-order valence-corrected chi connectivity index (χ4v) is 4.00. The van der Waals surface area contributed by atoms with E-state index in [-0.39, 0.29) is 0 Å². The molecule has 0 aliphatic rings. The lowest BCUT2D eigenvalue weighted by Gasteiger charge is -2.21. The topological polar surface area (TPSA) is 0 Å². The summed E-state index contributed by atoms with van der Waals surface area (Å²) in [5, 5.41) is 0. The summed E-state index contributed by atoms with van der Waals surface area (Å²) in [5.74, 6) is 0.724. The van der Waals surface area contributed by atoms with Crippen LogP contribution in [0, 0.1) is 6.92 Å². The molecule has 1 aromatic rings. The minimum atomic E-state index is -0.917. The Morgan fingerprint density at radius 3 is 2.00 bits per heavy atom. The van der Waals surface area contributed by atoms with Crippen LogP contribution in [-0.4, -0.2) is 8.07 Å². The average molecular weight is 206 g/mol. The first kappa shape index (κ1) is 11.5. The highest BCUT2D eigenvalue weighted by molar-refractivity contribution is 6.76. The van der Waals surface area contributed by atoms with E-state index in [9.17, 15) is 0 Å². The van der Waals surface area contributed by atoms with Gasteiger partial charge in [-0.2, -0.15) is 0 Å². The molecule has 0 bridgehead atoms. The van der Waals surface area contributed by atoms with Gasteiger partial charge in [-0.15, -0.1) is 0 Å². The first-order valence-electron chi connectivity index (χ1n) is 5.45. The van der Waals surface area contributed by atoms with Crippen LogP contribution in [0.25, 0.3) is 0 Å². The molecule has 1 aromatic carbocycles. The summed E-state index contributed by atoms with van der Waals surface area (Å²) < 4.78 is 0. The Morgan fingerprint density at radius 1 is 1.07 bits per heavy atom. The molecule has 0 spiro atoms. The summed E-state index contributed by atoms with van der Waals surface area (Å²) in [6, 6.07) is 10.4. The molecule has 1 atom stereocenters. The SMILES string of the molecule is Cc1ccc(C(C)C[Si](C)(C)C)cc1. The van der Waals surface area contributed by atoms with Gasteiger partial charge < -0.3 is 0 Å². The molecule has 0 fully saturated rings. The standard InChI is InChI=1S/C13H22Si/c1-11-6-8-13(9-7-11)12(2)10-14(3,4)5/h6-9,12H,10H2,1-5H3. The summed E-state index contributed by atoms with van der Waals surface area (Å²) in [4.78, 5) is 0. The van der Waals surface area contributed by atoms with Crippen LogP contribution < -0.4 is 0 Å². The third-order valence-corrected chi connectivity index (χ3v) is 4.40. The van der Waals surface area contributed by atoms with Crippen LogP contribution in [0.3, 0.4) is 0 Å². The first-order valence-corrected chi connectivity index (χ1v) is 9.16. The second kappa shape index (κ2) is 4.31. The molecule has 14 heavy (non-hydrogen) atoms. The van der Waals surface area contributed by atoms with Crippen molar-refractivity contribution in [2.45, 2.75) is 45.5 Å². The molecule has 0 aliphatic heterocycles. The highest BCUT2D eigenvalue weighted by Crippen LogP contribution is 2.25. The predicted octanol–water partition coefficient (Wildman–Crippen LogP) is 4.44. The molecule has 1 heteroatoms. The van der Waals surface area contributed by atoms with Crippen molar-refractivity contribution < 1.29 is 0 Å². The number of aryl methyl sites for hydroxylation is 1. The zero-order valence-electron chi connectivity index (χ0n) is 10.1. The largest absolute Gasteiger partial charge is 0.0695 e. The summed E-state index contributed by atoms with van der Waals surface area (Å²) >= 11 is 0. The molecular formula is C13H22Si. The molecule has 0 N–H and O–H groups in total. The van der Waals surface area contributed by atoms with Crippen molar-refractivity contribution in [3.05, 3.63) is 35.4 Å². The maximum absolute atomic E-state index is 2.44. The zero-order chi connectivity index (χ0) is 10.8. The van der Waals surface area contributed by atoms with Gasteiger partial charge in [0.05, 0.1) is 0 Å². The van der Waals surface area contributed by atoms with Crippen LogP contribution in [0.5, 0.6) is 0 Å². The van der Waals surface area contributed by atoms with Crippen LogP contribution in [0.4, 0.5) is 0 Å². The van der Waals surface area contributed by atoms with Gasteiger partial charge in [0.15, 0.2) is 0 Å². The molecule has 1 rings (SSSR count). The van der Waals surface area contributed by atoms with Gasteiger partial charge in [0.25, 0.3) is 0 Å². The fourth-order valence-electron chi connectivity index (χ4n) is 1.93. The van der Waals surface area contributed by atoms with Gasteiger partial charge in [0, 0.05) is 8.07 Å². The van der Waals surface area contributed by atoms with Crippen molar-refractivity contribution in [2.75, 3.05) is 0 Å². The van der Waals surface area contributed by atoms with Crippen LogP contribution in [-0.2, 0) is 0 Å². The minimum absolute atomic E-state index is 0.724. The lowest BCUT2D eigenvalue weighted by atomic mass is 10.0. The van der Waals surface area contributed by atoms with Gasteiger partial charge in [-0.1, -0.05) is 62.4 Å². The van der Waals surface area contributed by atoms with Crippen molar-refractivity contribution in [1.82, 2.24) is 0 Å². The van der Waals surface area contributed by atoms with Gasteiger partial charge in [-0.3, -0.25) is 0 Å². The van der Waals surface area contributed by atoms with Crippen molar-refractivity contribution in [3.8, 4) is 0 Å². The lowest BCUT2D eigenvalue weighted by molar-refractivity contribution is 0.845. The number of rotatable bonds is 3. The maximum atomic E-state index is 2.44. The van der Waals surface area contributed by atoms with Gasteiger partial charge in [-0.25, -0.2) is 0 Å². The molecule has 78 valence electrons. The summed E-state index contributed by atoms with van der Waals surface area (Å²) in [6.07, 6.45) is 0. The van der Waals surface area contributed by atoms with E-state index < -0.39 is 8.07 Å². The Morgan fingerprint density at radius 2 is 1.57 bits per heavy atom. The summed E-state index contributed by atoms with van der Waals surface area (Å²) in [7, 11) is -0.917. The van der Waals surface area contributed by atoms with Gasteiger partial charge in [0.2, 0.25) is 0 Å². The zero-order valence-corrected chi connectivity index (χ0v) is 11.1. The monoisotopic (exact) mass is 206 g/mol. The summed E-state index contributed by atoms with van der Waals surface area (Å²) in [6.45, 7) is 11.8. The molecule has 0 saturated heterocycles. The second-order valence-electron chi connectivity index (χ2n) is 5.58. The molecule has 0 amide bonds. The number of benzene rings is 1. The highest BCUT2D eigenvalue weighted by Gasteiger charge is 2.18. The Bertz CT molecular complexity index is 279. The molecule has 1 unspecified atom stereocenters. The molecule has 0 radical (unpaired) electrons. The molecule has 0 aromatic heterocycles. The van der Waals surface area contributed by atoms with Gasteiger partial charge in [-0.05, 0) is 18.4 Å². The van der Waals surface area contributed by atoms with E-state index in [1.165, 1.54) is 17.2 Å².